The molecule has 4 rings (SSSR count). The minimum atomic E-state index is 0.477. The molecule has 0 radical (unpaired) electrons. The van der Waals surface area contributed by atoms with E-state index in [2.05, 4.69) is 76.2 Å². The highest BCUT2D eigenvalue weighted by atomic mass is 15.3. The van der Waals surface area contributed by atoms with Gasteiger partial charge < -0.3 is 0 Å². The highest BCUT2D eigenvalue weighted by Gasteiger charge is 2.23. The van der Waals surface area contributed by atoms with Crippen molar-refractivity contribution in [3.63, 3.8) is 0 Å². The fourth-order valence-electron chi connectivity index (χ4n) is 4.52. The van der Waals surface area contributed by atoms with Gasteiger partial charge in [-0.25, -0.2) is 4.98 Å². The summed E-state index contributed by atoms with van der Waals surface area (Å²) in [5.41, 5.74) is 7.21. The largest absolute Gasteiger partial charge is 0.253 e. The van der Waals surface area contributed by atoms with E-state index in [1.807, 2.05) is 10.6 Å². The Morgan fingerprint density at radius 2 is 1.52 bits per heavy atom. The van der Waals surface area contributed by atoms with Crippen LogP contribution in [0.5, 0.6) is 0 Å². The molecule has 0 aliphatic heterocycles. The molecule has 0 saturated carbocycles. The highest BCUT2D eigenvalue weighted by Crippen LogP contribution is 2.36. The van der Waals surface area contributed by atoms with Gasteiger partial charge in [-0.3, -0.25) is 0 Å². The Morgan fingerprint density at radius 1 is 0.839 bits per heavy atom. The molecule has 0 saturated heterocycles. The van der Waals surface area contributed by atoms with Crippen molar-refractivity contribution in [2.75, 3.05) is 0 Å². The highest BCUT2D eigenvalue weighted by molar-refractivity contribution is 5.68. The molecule has 4 nitrogen and oxygen atoms in total. The van der Waals surface area contributed by atoms with Gasteiger partial charge >= 0.3 is 0 Å². The molecule has 2 aromatic carbocycles. The van der Waals surface area contributed by atoms with E-state index >= 15 is 0 Å². The van der Waals surface area contributed by atoms with Gasteiger partial charge in [0.15, 0.2) is 5.82 Å². The standard InChI is InChI=1S/C27H32N4/c1-5-10-22(11-6-2)25-20(4)28-27-29-24(18-21-12-8-7-9-13-21)30-31(27)26(25)23-16-14-19(3)15-17-23/h7-9,12-17,22H,5-6,10-11,18H2,1-4H3. The van der Waals surface area contributed by atoms with Crippen molar-refractivity contribution in [2.45, 2.75) is 65.7 Å². The van der Waals surface area contributed by atoms with E-state index in [0.717, 1.165) is 42.9 Å². The van der Waals surface area contributed by atoms with Crippen LogP contribution in [-0.2, 0) is 6.42 Å². The molecule has 160 valence electrons. The van der Waals surface area contributed by atoms with Crippen LogP contribution in [-0.4, -0.2) is 19.6 Å². The Kier molecular flexibility index (Phi) is 6.45. The van der Waals surface area contributed by atoms with Gasteiger partial charge in [0, 0.05) is 23.2 Å². The summed E-state index contributed by atoms with van der Waals surface area (Å²) in [7, 11) is 0. The van der Waals surface area contributed by atoms with Crippen molar-refractivity contribution >= 4 is 5.78 Å². The molecule has 0 amide bonds. The summed E-state index contributed by atoms with van der Waals surface area (Å²) in [5.74, 6) is 1.98. The van der Waals surface area contributed by atoms with E-state index in [1.54, 1.807) is 0 Å². The molecule has 4 heteroatoms. The Balaban J connectivity index is 1.91. The molecule has 0 N–H and O–H groups in total. The molecule has 0 unspecified atom stereocenters. The zero-order valence-electron chi connectivity index (χ0n) is 19.1. The molecule has 0 aliphatic carbocycles. The number of hydrogen-bond donors (Lipinski definition) is 0. The lowest BCUT2D eigenvalue weighted by atomic mass is 9.86. The second kappa shape index (κ2) is 9.42. The first-order valence-corrected chi connectivity index (χ1v) is 11.5. The fraction of sp³-hybridized carbons (Fsp3) is 0.370. The minimum absolute atomic E-state index is 0.477. The van der Waals surface area contributed by atoms with E-state index in [-0.39, 0.29) is 0 Å². The summed E-state index contributed by atoms with van der Waals surface area (Å²) in [6, 6.07) is 19.2. The lowest BCUT2D eigenvalue weighted by molar-refractivity contribution is 0.554. The molecule has 2 aromatic heterocycles. The van der Waals surface area contributed by atoms with Crippen LogP contribution in [0.15, 0.2) is 54.6 Å². The van der Waals surface area contributed by atoms with Gasteiger partial charge in [-0.05, 0) is 38.2 Å². The predicted molar refractivity (Wildman–Crippen MR) is 127 cm³/mol. The first-order chi connectivity index (χ1) is 15.1. The lowest BCUT2D eigenvalue weighted by Gasteiger charge is -2.22. The van der Waals surface area contributed by atoms with Crippen molar-refractivity contribution < 1.29 is 0 Å². The molecule has 31 heavy (non-hydrogen) atoms. The zero-order chi connectivity index (χ0) is 21.8. The van der Waals surface area contributed by atoms with Gasteiger partial charge in [0.25, 0.3) is 5.78 Å². The van der Waals surface area contributed by atoms with Crippen molar-refractivity contribution in [1.29, 1.82) is 0 Å². The molecule has 0 atom stereocenters. The van der Waals surface area contributed by atoms with Crippen molar-refractivity contribution in [2.24, 2.45) is 0 Å². The summed E-state index contributed by atoms with van der Waals surface area (Å²) >= 11 is 0. The van der Waals surface area contributed by atoms with E-state index in [1.165, 1.54) is 22.3 Å². The number of rotatable bonds is 8. The van der Waals surface area contributed by atoms with Crippen molar-refractivity contribution in [3.8, 4) is 11.3 Å². The number of nitrogens with zero attached hydrogens (tertiary/aromatic N) is 4. The van der Waals surface area contributed by atoms with Crippen LogP contribution in [0.25, 0.3) is 17.0 Å². The van der Waals surface area contributed by atoms with Crippen molar-refractivity contribution in [1.82, 2.24) is 19.6 Å². The monoisotopic (exact) mass is 412 g/mol. The van der Waals surface area contributed by atoms with Gasteiger partial charge in [0.2, 0.25) is 0 Å². The normalized spacial score (nSPS) is 11.5. The summed E-state index contributed by atoms with van der Waals surface area (Å²) in [5, 5.41) is 4.95. The Hall–Kier alpha value is -3.01. The maximum absolute atomic E-state index is 4.95. The smallest absolute Gasteiger partial charge is 0.216 e. The third kappa shape index (κ3) is 4.53. The van der Waals surface area contributed by atoms with Gasteiger partial charge in [-0.1, -0.05) is 86.8 Å². The number of aromatic nitrogens is 4. The molecular weight excluding hydrogens is 380 g/mol. The lowest BCUT2D eigenvalue weighted by Crippen LogP contribution is -2.11. The van der Waals surface area contributed by atoms with E-state index in [9.17, 15) is 0 Å². The van der Waals surface area contributed by atoms with Crippen LogP contribution in [0.2, 0.25) is 0 Å². The molecule has 4 aromatic rings. The summed E-state index contributed by atoms with van der Waals surface area (Å²) < 4.78 is 1.99. The Labute approximate surface area is 185 Å². The number of hydrogen-bond acceptors (Lipinski definition) is 3. The average Bonchev–Trinajstić information content (AvgIpc) is 3.16. The first kappa shape index (κ1) is 21.2. The van der Waals surface area contributed by atoms with Crippen LogP contribution in [0.1, 0.15) is 73.7 Å². The molecule has 2 heterocycles. The first-order valence-electron chi connectivity index (χ1n) is 11.5. The van der Waals surface area contributed by atoms with E-state index < -0.39 is 0 Å². The number of aryl methyl sites for hydroxylation is 2. The quantitative estimate of drug-likeness (QED) is 0.324. The SMILES string of the molecule is CCCC(CCC)c1c(C)nc2nc(Cc3ccccc3)nn2c1-c1ccc(C)cc1. The summed E-state index contributed by atoms with van der Waals surface area (Å²) in [4.78, 5) is 9.72. The van der Waals surface area contributed by atoms with Gasteiger partial charge in [0.1, 0.15) is 0 Å². The predicted octanol–water partition coefficient (Wildman–Crippen LogP) is 6.68. The maximum Gasteiger partial charge on any atom is 0.253 e. The van der Waals surface area contributed by atoms with Gasteiger partial charge in [0.05, 0.1) is 5.69 Å². The summed E-state index contributed by atoms with van der Waals surface area (Å²) in [6.07, 6.45) is 5.34. The molecule has 0 fully saturated rings. The van der Waals surface area contributed by atoms with Crippen LogP contribution in [0, 0.1) is 13.8 Å². The topological polar surface area (TPSA) is 43.1 Å². The van der Waals surface area contributed by atoms with Gasteiger partial charge in [-0.2, -0.15) is 9.50 Å². The number of benzene rings is 2. The third-order valence-corrected chi connectivity index (χ3v) is 5.97. The fourth-order valence-corrected chi connectivity index (χ4v) is 4.52. The van der Waals surface area contributed by atoms with Crippen LogP contribution >= 0.6 is 0 Å². The summed E-state index contributed by atoms with van der Waals surface area (Å²) in [6.45, 7) is 8.80. The number of fused-ring (bicyclic) bond motifs is 1. The van der Waals surface area contributed by atoms with E-state index in [0.29, 0.717) is 18.1 Å². The van der Waals surface area contributed by atoms with E-state index in [4.69, 9.17) is 15.1 Å². The molecule has 0 aliphatic rings. The van der Waals surface area contributed by atoms with Crippen LogP contribution < -0.4 is 0 Å². The Morgan fingerprint density at radius 3 is 2.16 bits per heavy atom. The third-order valence-electron chi connectivity index (χ3n) is 5.97. The van der Waals surface area contributed by atoms with Crippen LogP contribution in [0.4, 0.5) is 0 Å². The second-order valence-corrected chi connectivity index (χ2v) is 8.50. The maximum atomic E-state index is 4.95. The zero-order valence-corrected chi connectivity index (χ0v) is 19.1. The van der Waals surface area contributed by atoms with Crippen molar-refractivity contribution in [3.05, 3.63) is 82.8 Å². The Bertz CT molecular complexity index is 1140. The van der Waals surface area contributed by atoms with Gasteiger partial charge in [-0.15, -0.1) is 5.10 Å². The second-order valence-electron chi connectivity index (χ2n) is 8.50. The molecule has 0 spiro atoms. The molecular formula is C27H32N4. The van der Waals surface area contributed by atoms with Crippen LogP contribution in [0.3, 0.4) is 0 Å². The molecule has 0 bridgehead atoms. The minimum Gasteiger partial charge on any atom is -0.216 e. The average molecular weight is 413 g/mol.